The number of hydrogen-bond acceptors (Lipinski definition) is 5. The molecule has 3 heterocycles. The van der Waals surface area contributed by atoms with Crippen LogP contribution in [0.2, 0.25) is 0 Å². The first-order valence-corrected chi connectivity index (χ1v) is 6.96. The number of carbonyl (C=O) groups excluding carboxylic acids is 1. The van der Waals surface area contributed by atoms with E-state index in [0.29, 0.717) is 5.39 Å². The molecule has 7 nitrogen and oxygen atoms in total. The lowest BCUT2D eigenvalue weighted by molar-refractivity contribution is -0.131. The summed E-state index contributed by atoms with van der Waals surface area (Å²) < 4.78 is 59.3. The van der Waals surface area contributed by atoms with Gasteiger partial charge in [0.15, 0.2) is 0 Å². The lowest BCUT2D eigenvalue weighted by Gasteiger charge is -2.42. The number of carbonyl (C=O) groups is 1. The number of aromatic nitrogens is 3. The molecule has 0 radical (unpaired) electrons. The van der Waals surface area contributed by atoms with Gasteiger partial charge in [-0.15, -0.1) is 0 Å². The molecule has 23 heavy (non-hydrogen) atoms. The van der Waals surface area contributed by atoms with Gasteiger partial charge < -0.3 is 14.8 Å². The van der Waals surface area contributed by atoms with Crippen LogP contribution in [0.15, 0.2) is 18.6 Å². The van der Waals surface area contributed by atoms with E-state index in [1.54, 1.807) is 12.1 Å². The number of nitrogens with zero attached hydrogens (tertiary/aromatic N) is 5. The van der Waals surface area contributed by atoms with Crippen LogP contribution in [0.5, 0.6) is 0 Å². The number of piperidine rings is 1. The van der Waals surface area contributed by atoms with Gasteiger partial charge in [0, 0.05) is 30.4 Å². The fraction of sp³-hybridized carbons (Fsp3) is 0.500. The average Bonchev–Trinajstić information content (AvgIpc) is 3.05. The average molecular weight is 319 g/mol. The minimum absolute atomic E-state index is 0.0151. The summed E-state index contributed by atoms with van der Waals surface area (Å²) in [6.45, 7) is -4.42. The van der Waals surface area contributed by atoms with E-state index in [1.165, 1.54) is 20.2 Å². The molecule has 7 heteroatoms. The molecular formula is C16H20N6O. The summed E-state index contributed by atoms with van der Waals surface area (Å²) in [6, 6.07) is 0.599. The van der Waals surface area contributed by atoms with Crippen molar-refractivity contribution in [3.8, 4) is 6.07 Å². The maximum Gasteiger partial charge on any atom is 0.236 e. The molecule has 0 spiro atoms. The van der Waals surface area contributed by atoms with Gasteiger partial charge in [-0.25, -0.2) is 9.97 Å². The van der Waals surface area contributed by atoms with Crippen molar-refractivity contribution in [2.75, 3.05) is 24.9 Å². The van der Waals surface area contributed by atoms with Crippen molar-refractivity contribution in [1.82, 2.24) is 19.9 Å². The number of nitrogens with one attached hydrogen (secondary N) is 1. The van der Waals surface area contributed by atoms with E-state index in [0.717, 1.165) is 4.90 Å². The van der Waals surface area contributed by atoms with E-state index < -0.39 is 50.0 Å². The highest BCUT2D eigenvalue weighted by Gasteiger charge is 2.32. The minimum Gasteiger partial charge on any atom is -0.354 e. The lowest BCUT2D eigenvalue weighted by Crippen LogP contribution is -2.52. The maximum absolute atomic E-state index is 12.5. The molecule has 1 aliphatic rings. The molecule has 120 valence electrons. The van der Waals surface area contributed by atoms with Crippen LogP contribution >= 0.6 is 0 Å². The van der Waals surface area contributed by atoms with Crippen LogP contribution in [0.1, 0.15) is 29.4 Å². The summed E-state index contributed by atoms with van der Waals surface area (Å²) >= 11 is 0. The van der Waals surface area contributed by atoms with Crippen molar-refractivity contribution >= 4 is 22.8 Å². The van der Waals surface area contributed by atoms with Crippen molar-refractivity contribution in [2.45, 2.75) is 25.8 Å². The zero-order valence-electron chi connectivity index (χ0n) is 19.7. The molecule has 1 N–H and O–H groups in total. The Bertz CT molecular complexity index is 1050. The SMILES string of the molecule is [2H]c1nc(N(C)[C@@]2([2H])C([2H])([2H])N(C(=O)CC#N)C([2H])([2H])C[C@@]2([2H])C)c2cc[nH]c2n1. The number of likely N-dealkylation sites (N-methyl/N-ethyl adjacent to an activating group) is 1. The minimum atomic E-state index is -3.04. The molecule has 0 aliphatic carbocycles. The fourth-order valence-electron chi connectivity index (χ4n) is 2.36. The largest absolute Gasteiger partial charge is 0.354 e. The van der Waals surface area contributed by atoms with Gasteiger partial charge in [-0.3, -0.25) is 4.79 Å². The summed E-state index contributed by atoms with van der Waals surface area (Å²) in [7, 11) is 1.31. The number of anilines is 1. The summed E-state index contributed by atoms with van der Waals surface area (Å²) in [4.78, 5) is 24.5. The molecule has 0 saturated carbocycles. The number of amides is 1. The Hall–Kier alpha value is -2.62. The normalized spacial score (nSPS) is 36.4. The molecule has 0 unspecified atom stereocenters. The topological polar surface area (TPSA) is 88.9 Å². The van der Waals surface area contributed by atoms with E-state index >= 15 is 0 Å². The summed E-state index contributed by atoms with van der Waals surface area (Å²) in [5.41, 5.74) is 0.274. The monoisotopic (exact) mass is 319 g/mol. The van der Waals surface area contributed by atoms with Gasteiger partial charge in [-0.05, 0) is 18.4 Å². The van der Waals surface area contributed by atoms with Gasteiger partial charge in [-0.1, -0.05) is 6.92 Å². The van der Waals surface area contributed by atoms with Crippen LogP contribution in [-0.4, -0.2) is 51.8 Å². The predicted octanol–water partition coefficient (Wildman–Crippen LogP) is 1.54. The molecule has 0 bridgehead atoms. The number of aromatic amines is 1. The first-order chi connectivity index (χ1) is 13.7. The second-order valence-electron chi connectivity index (χ2n) is 5.09. The Balaban J connectivity index is 2.25. The number of H-pyrrole nitrogens is 1. The summed E-state index contributed by atoms with van der Waals surface area (Å²) in [5, 5.41) is 9.25. The maximum atomic E-state index is 12.5. The molecule has 1 saturated heterocycles. The molecule has 2 aromatic rings. The summed E-state index contributed by atoms with van der Waals surface area (Å²) in [6.07, 6.45) is -0.325. The molecular weight excluding hydrogens is 292 g/mol. The van der Waals surface area contributed by atoms with E-state index in [-0.39, 0.29) is 16.4 Å². The van der Waals surface area contributed by atoms with E-state index in [4.69, 9.17) is 14.9 Å². The summed E-state index contributed by atoms with van der Waals surface area (Å²) in [5.74, 6) is -3.20. The third-order valence-corrected chi connectivity index (χ3v) is 3.54. The number of nitriles is 1. The zero-order chi connectivity index (χ0) is 22.7. The highest BCUT2D eigenvalue weighted by molar-refractivity contribution is 5.87. The standard InChI is InChI=1S/C16H20N6O/c1-11-5-8-22(14(23)3-6-17)9-13(11)21(2)16-12-4-7-18-15(12)19-10-20-16/h4,7,10-11,13H,3,5,8-9H2,1-2H3,(H,18,19,20)/t11-,13+/m1/s1/i8D2,9D2,10D,11D,13D. The van der Waals surface area contributed by atoms with Crippen LogP contribution in [0.4, 0.5) is 5.82 Å². The highest BCUT2D eigenvalue weighted by atomic mass is 16.2. The molecule has 1 amide bonds. The highest BCUT2D eigenvalue weighted by Crippen LogP contribution is 2.28. The third kappa shape index (κ3) is 2.84. The van der Waals surface area contributed by atoms with Gasteiger partial charge in [0.1, 0.15) is 25.6 Å². The second-order valence-corrected chi connectivity index (χ2v) is 5.09. The van der Waals surface area contributed by atoms with Crippen LogP contribution in [0.3, 0.4) is 0 Å². The molecule has 3 rings (SSSR count). The van der Waals surface area contributed by atoms with Crippen LogP contribution in [0, 0.1) is 17.2 Å². The van der Waals surface area contributed by atoms with Crippen molar-refractivity contribution in [3.05, 3.63) is 18.6 Å². The third-order valence-electron chi connectivity index (χ3n) is 3.54. The molecule has 1 aliphatic heterocycles. The van der Waals surface area contributed by atoms with Crippen molar-refractivity contribution in [3.63, 3.8) is 0 Å². The first-order valence-electron chi connectivity index (χ1n) is 10.5. The van der Waals surface area contributed by atoms with Crippen molar-refractivity contribution < 1.29 is 14.4 Å². The van der Waals surface area contributed by atoms with E-state index in [2.05, 4.69) is 15.0 Å². The fourth-order valence-corrected chi connectivity index (χ4v) is 2.36. The van der Waals surface area contributed by atoms with E-state index in [9.17, 15) is 4.79 Å². The molecule has 0 aromatic carbocycles. The Morgan fingerprint density at radius 2 is 2.57 bits per heavy atom. The van der Waals surface area contributed by atoms with Gasteiger partial charge in [0.05, 0.1) is 21.6 Å². The Kier molecular flexibility index (Phi) is 2.41. The van der Waals surface area contributed by atoms with Crippen molar-refractivity contribution in [2.24, 2.45) is 5.89 Å². The smallest absolute Gasteiger partial charge is 0.236 e. The van der Waals surface area contributed by atoms with Gasteiger partial charge in [-0.2, -0.15) is 5.26 Å². The zero-order valence-corrected chi connectivity index (χ0v) is 12.7. The van der Waals surface area contributed by atoms with Gasteiger partial charge in [0.2, 0.25) is 5.91 Å². The Labute approximate surface area is 144 Å². The number of fused-ring (bicyclic) bond motifs is 1. The number of hydrogen-bond donors (Lipinski definition) is 1. The van der Waals surface area contributed by atoms with Crippen LogP contribution in [0.25, 0.3) is 11.0 Å². The molecule has 1 fully saturated rings. The predicted molar refractivity (Wildman–Crippen MR) is 86.7 cm³/mol. The molecule has 2 atom stereocenters. The van der Waals surface area contributed by atoms with Crippen LogP contribution < -0.4 is 4.90 Å². The number of rotatable bonds is 3. The molecule has 2 aromatic heterocycles. The lowest BCUT2D eigenvalue weighted by atomic mass is 9.92. The second kappa shape index (κ2) is 6.24. The van der Waals surface area contributed by atoms with Crippen molar-refractivity contribution in [1.29, 1.82) is 5.26 Å². The van der Waals surface area contributed by atoms with Crippen LogP contribution in [-0.2, 0) is 4.79 Å². The van der Waals surface area contributed by atoms with E-state index in [1.807, 2.05) is 0 Å². The van der Waals surface area contributed by atoms with Gasteiger partial charge in [0.25, 0.3) is 0 Å². The van der Waals surface area contributed by atoms with Gasteiger partial charge >= 0.3 is 0 Å². The Morgan fingerprint density at radius 1 is 1.74 bits per heavy atom. The number of likely N-dealkylation sites (tertiary alicyclic amines) is 1. The quantitative estimate of drug-likeness (QED) is 0.927. The Morgan fingerprint density at radius 3 is 3.35 bits per heavy atom. The first kappa shape index (κ1) is 8.87.